The molecule has 0 saturated heterocycles. The summed E-state index contributed by atoms with van der Waals surface area (Å²) in [7, 11) is 0. The lowest BCUT2D eigenvalue weighted by atomic mass is 10.4. The molecule has 20 heavy (non-hydrogen) atoms. The number of aromatic nitrogens is 5. The van der Waals surface area contributed by atoms with E-state index in [4.69, 9.17) is 10.8 Å². The van der Waals surface area contributed by atoms with Gasteiger partial charge in [0.05, 0.1) is 12.7 Å². The molecule has 0 aliphatic carbocycles. The topological polar surface area (TPSA) is 149 Å². The first-order chi connectivity index (χ1) is 9.58. The second kappa shape index (κ2) is 5.73. The van der Waals surface area contributed by atoms with Gasteiger partial charge < -0.3 is 16.2 Å². The highest BCUT2D eigenvalue weighted by molar-refractivity contribution is 5.95. The van der Waals surface area contributed by atoms with Crippen molar-refractivity contribution in [1.82, 2.24) is 25.0 Å². The number of carboxylic acids is 1. The lowest BCUT2D eigenvalue weighted by Crippen LogP contribution is -2.19. The van der Waals surface area contributed by atoms with Crippen molar-refractivity contribution in [2.45, 2.75) is 6.54 Å². The zero-order chi connectivity index (χ0) is 14.5. The highest BCUT2D eigenvalue weighted by Gasteiger charge is 2.11. The number of carboxylic acid groups (broad SMARTS) is 1. The van der Waals surface area contributed by atoms with Crippen molar-refractivity contribution in [2.24, 2.45) is 5.73 Å². The molecule has 10 heteroatoms. The molecular formula is C10H11N7O3. The van der Waals surface area contributed by atoms with E-state index in [0.717, 1.165) is 0 Å². The van der Waals surface area contributed by atoms with Gasteiger partial charge in [-0.3, -0.25) is 4.79 Å². The lowest BCUT2D eigenvalue weighted by Gasteiger charge is -2.07. The number of aromatic carboxylic acids is 1. The van der Waals surface area contributed by atoms with Crippen molar-refractivity contribution in [2.75, 3.05) is 11.9 Å². The van der Waals surface area contributed by atoms with Gasteiger partial charge >= 0.3 is 5.97 Å². The molecule has 2 aromatic rings. The SMILES string of the molecule is NC(=O)c1nccnc1NCCn1cc(C(=O)O)nn1. The Bertz CT molecular complexity index is 639. The van der Waals surface area contributed by atoms with Gasteiger partial charge in [0.1, 0.15) is 0 Å². The summed E-state index contributed by atoms with van der Waals surface area (Å²) in [6.45, 7) is 0.691. The molecule has 0 saturated carbocycles. The third-order valence-corrected chi connectivity index (χ3v) is 2.32. The van der Waals surface area contributed by atoms with Crippen LogP contribution in [0, 0.1) is 0 Å². The Kier molecular flexibility index (Phi) is 3.84. The molecule has 4 N–H and O–H groups in total. The summed E-state index contributed by atoms with van der Waals surface area (Å²) < 4.78 is 1.36. The first-order valence-corrected chi connectivity index (χ1v) is 5.56. The highest BCUT2D eigenvalue weighted by atomic mass is 16.4. The predicted molar refractivity (Wildman–Crippen MR) is 66.0 cm³/mol. The maximum Gasteiger partial charge on any atom is 0.358 e. The van der Waals surface area contributed by atoms with Crippen LogP contribution in [0.3, 0.4) is 0 Å². The van der Waals surface area contributed by atoms with E-state index in [1.54, 1.807) is 0 Å². The van der Waals surface area contributed by atoms with Crippen molar-refractivity contribution < 1.29 is 14.7 Å². The number of hydrogen-bond acceptors (Lipinski definition) is 7. The third kappa shape index (κ3) is 3.04. The number of carbonyl (C=O) groups is 2. The highest BCUT2D eigenvalue weighted by Crippen LogP contribution is 2.06. The molecule has 1 amide bonds. The first-order valence-electron chi connectivity index (χ1n) is 5.56. The molecule has 0 aliphatic rings. The van der Waals surface area contributed by atoms with Crippen LogP contribution in [0.5, 0.6) is 0 Å². The Labute approximate surface area is 112 Å². The minimum Gasteiger partial charge on any atom is -0.476 e. The van der Waals surface area contributed by atoms with E-state index in [9.17, 15) is 9.59 Å². The van der Waals surface area contributed by atoms with Gasteiger partial charge in [0.15, 0.2) is 17.2 Å². The monoisotopic (exact) mass is 277 g/mol. The van der Waals surface area contributed by atoms with Crippen molar-refractivity contribution >= 4 is 17.7 Å². The van der Waals surface area contributed by atoms with Crippen molar-refractivity contribution in [3.63, 3.8) is 0 Å². The van der Waals surface area contributed by atoms with Gasteiger partial charge in [-0.05, 0) is 0 Å². The van der Waals surface area contributed by atoms with E-state index in [1.807, 2.05) is 0 Å². The number of nitrogens with one attached hydrogen (secondary N) is 1. The molecule has 0 spiro atoms. The number of carbonyl (C=O) groups excluding carboxylic acids is 1. The molecule has 2 heterocycles. The maximum absolute atomic E-state index is 11.1. The average Bonchev–Trinajstić information content (AvgIpc) is 2.88. The van der Waals surface area contributed by atoms with E-state index in [0.29, 0.717) is 13.1 Å². The van der Waals surface area contributed by atoms with Crippen LogP contribution in [0.2, 0.25) is 0 Å². The summed E-state index contributed by atoms with van der Waals surface area (Å²) in [6, 6.07) is 0. The van der Waals surface area contributed by atoms with Crippen LogP contribution in [-0.2, 0) is 6.54 Å². The molecule has 0 aliphatic heterocycles. The molecule has 0 atom stereocenters. The molecular weight excluding hydrogens is 266 g/mol. The van der Waals surface area contributed by atoms with Gasteiger partial charge in [-0.25, -0.2) is 19.4 Å². The summed E-state index contributed by atoms with van der Waals surface area (Å²) in [4.78, 5) is 29.5. The maximum atomic E-state index is 11.1. The van der Waals surface area contributed by atoms with Gasteiger partial charge in [0.25, 0.3) is 5.91 Å². The molecule has 0 bridgehead atoms. The van der Waals surface area contributed by atoms with Crippen LogP contribution in [0.4, 0.5) is 5.82 Å². The van der Waals surface area contributed by atoms with Crippen LogP contribution in [-0.4, -0.2) is 48.5 Å². The summed E-state index contributed by atoms with van der Waals surface area (Å²) in [6.07, 6.45) is 4.09. The smallest absolute Gasteiger partial charge is 0.358 e. The van der Waals surface area contributed by atoms with E-state index >= 15 is 0 Å². The van der Waals surface area contributed by atoms with E-state index in [2.05, 4.69) is 25.6 Å². The Morgan fingerprint density at radius 1 is 1.35 bits per heavy atom. The lowest BCUT2D eigenvalue weighted by molar-refractivity contribution is 0.0690. The second-order valence-corrected chi connectivity index (χ2v) is 3.72. The largest absolute Gasteiger partial charge is 0.476 e. The Balaban J connectivity index is 1.96. The third-order valence-electron chi connectivity index (χ3n) is 2.32. The molecule has 0 aromatic carbocycles. The number of nitrogens with zero attached hydrogens (tertiary/aromatic N) is 5. The van der Waals surface area contributed by atoms with Crippen LogP contribution < -0.4 is 11.1 Å². The summed E-state index contributed by atoms with van der Waals surface area (Å²) in [5, 5.41) is 18.7. The molecule has 10 nitrogen and oxygen atoms in total. The van der Waals surface area contributed by atoms with Gasteiger partial charge in [0.2, 0.25) is 0 Å². The van der Waals surface area contributed by atoms with Gasteiger partial charge in [-0.1, -0.05) is 5.21 Å². The Morgan fingerprint density at radius 3 is 2.75 bits per heavy atom. The second-order valence-electron chi connectivity index (χ2n) is 3.72. The zero-order valence-corrected chi connectivity index (χ0v) is 10.2. The normalized spacial score (nSPS) is 10.2. The quantitative estimate of drug-likeness (QED) is 0.607. The number of anilines is 1. The van der Waals surface area contributed by atoms with Gasteiger partial charge in [-0.2, -0.15) is 0 Å². The standard InChI is InChI=1S/C10H11N7O3/c11-8(18)7-9(13-2-1-12-7)14-3-4-17-5-6(10(19)20)15-16-17/h1-2,5H,3-4H2,(H2,11,18)(H,13,14)(H,19,20). The van der Waals surface area contributed by atoms with Crippen molar-refractivity contribution in [3.05, 3.63) is 30.0 Å². The minimum atomic E-state index is -1.14. The first kappa shape index (κ1) is 13.4. The Hall–Kier alpha value is -3.04. The van der Waals surface area contributed by atoms with Crippen LogP contribution in [0.25, 0.3) is 0 Å². The minimum absolute atomic E-state index is 0.0392. The zero-order valence-electron chi connectivity index (χ0n) is 10.2. The summed E-state index contributed by atoms with van der Waals surface area (Å²) >= 11 is 0. The van der Waals surface area contributed by atoms with Crippen molar-refractivity contribution in [3.8, 4) is 0 Å². The van der Waals surface area contributed by atoms with Crippen LogP contribution >= 0.6 is 0 Å². The molecule has 0 unspecified atom stereocenters. The summed E-state index contributed by atoms with van der Waals surface area (Å²) in [5.41, 5.74) is 5.06. The molecule has 2 aromatic heterocycles. The summed E-state index contributed by atoms with van der Waals surface area (Å²) in [5.74, 6) is -1.57. The van der Waals surface area contributed by atoms with E-state index in [-0.39, 0.29) is 17.2 Å². The number of amides is 1. The number of primary amides is 1. The molecule has 104 valence electrons. The predicted octanol–water partition coefficient (Wildman–Crippen LogP) is -1.02. The van der Waals surface area contributed by atoms with E-state index in [1.165, 1.54) is 23.3 Å². The fraction of sp³-hybridized carbons (Fsp3) is 0.200. The van der Waals surface area contributed by atoms with Crippen LogP contribution in [0.1, 0.15) is 21.0 Å². The van der Waals surface area contributed by atoms with Gasteiger partial charge in [0, 0.05) is 18.9 Å². The fourth-order valence-electron chi connectivity index (χ4n) is 1.44. The number of hydrogen-bond donors (Lipinski definition) is 3. The van der Waals surface area contributed by atoms with Crippen molar-refractivity contribution in [1.29, 1.82) is 0 Å². The fourth-order valence-corrected chi connectivity index (χ4v) is 1.44. The van der Waals surface area contributed by atoms with Crippen LogP contribution in [0.15, 0.2) is 18.6 Å². The average molecular weight is 277 g/mol. The molecule has 0 radical (unpaired) electrons. The molecule has 0 fully saturated rings. The molecule has 2 rings (SSSR count). The number of nitrogens with two attached hydrogens (primary N) is 1. The Morgan fingerprint density at radius 2 is 2.10 bits per heavy atom. The van der Waals surface area contributed by atoms with Gasteiger partial charge in [-0.15, -0.1) is 5.10 Å². The number of rotatable bonds is 6. The van der Waals surface area contributed by atoms with E-state index < -0.39 is 11.9 Å².